The van der Waals surface area contributed by atoms with E-state index in [0.29, 0.717) is 0 Å². The Kier molecular flexibility index (Phi) is 4.56. The van der Waals surface area contributed by atoms with Crippen LogP contribution in [0.5, 0.6) is 0 Å². The van der Waals surface area contributed by atoms with Crippen LogP contribution in [0.1, 0.15) is 31.6 Å². The fourth-order valence-corrected chi connectivity index (χ4v) is 1.54. The molecule has 14 heavy (non-hydrogen) atoms. The maximum absolute atomic E-state index is 6.01. The first-order chi connectivity index (χ1) is 6.79. The predicted octanol–water partition coefficient (Wildman–Crippen LogP) is 1.90. The van der Waals surface area contributed by atoms with Crippen LogP contribution >= 0.6 is 0 Å². The monoisotopic (exact) mass is 194 g/mol. The molecule has 78 valence electrons. The Hall–Kier alpha value is -0.930. The minimum atomic E-state index is -0.0869. The normalized spacial score (nSPS) is 15.1. The number of pyridine rings is 1. The molecule has 0 aromatic carbocycles. The van der Waals surface area contributed by atoms with Gasteiger partial charge in [-0.2, -0.15) is 0 Å². The van der Waals surface area contributed by atoms with Gasteiger partial charge in [0.2, 0.25) is 0 Å². The number of methoxy groups -OCH3 is 1. The maximum Gasteiger partial charge on any atom is 0.114 e. The van der Waals surface area contributed by atoms with Crippen molar-refractivity contribution in [3.63, 3.8) is 0 Å². The average Bonchev–Trinajstić information content (AvgIpc) is 2.21. The molecule has 0 aliphatic heterocycles. The molecule has 0 saturated carbocycles. The van der Waals surface area contributed by atoms with Gasteiger partial charge in [-0.05, 0) is 18.6 Å². The summed E-state index contributed by atoms with van der Waals surface area (Å²) in [6, 6.07) is 5.82. The van der Waals surface area contributed by atoms with Gasteiger partial charge in [0.1, 0.15) is 6.10 Å². The lowest BCUT2D eigenvalue weighted by molar-refractivity contribution is 0.0740. The van der Waals surface area contributed by atoms with Crippen LogP contribution in [0.2, 0.25) is 0 Å². The molecule has 0 saturated heterocycles. The van der Waals surface area contributed by atoms with Crippen molar-refractivity contribution >= 4 is 0 Å². The summed E-state index contributed by atoms with van der Waals surface area (Å²) in [5.41, 5.74) is 6.92. The van der Waals surface area contributed by atoms with Gasteiger partial charge < -0.3 is 10.5 Å². The molecule has 1 aromatic heterocycles. The van der Waals surface area contributed by atoms with E-state index < -0.39 is 0 Å². The first-order valence-corrected chi connectivity index (χ1v) is 4.99. The quantitative estimate of drug-likeness (QED) is 0.778. The summed E-state index contributed by atoms with van der Waals surface area (Å²) >= 11 is 0. The molecule has 3 heteroatoms. The summed E-state index contributed by atoms with van der Waals surface area (Å²) < 4.78 is 5.36. The van der Waals surface area contributed by atoms with Gasteiger partial charge in [0.25, 0.3) is 0 Å². The number of hydrogen-bond acceptors (Lipinski definition) is 3. The van der Waals surface area contributed by atoms with E-state index in [1.165, 1.54) is 0 Å². The molecule has 0 amide bonds. The number of ether oxygens (including phenoxy) is 1. The topological polar surface area (TPSA) is 48.1 Å². The molecule has 0 bridgehead atoms. The summed E-state index contributed by atoms with van der Waals surface area (Å²) in [5.74, 6) is 0. The van der Waals surface area contributed by atoms with E-state index in [2.05, 4.69) is 11.9 Å². The van der Waals surface area contributed by atoms with E-state index in [4.69, 9.17) is 10.5 Å². The van der Waals surface area contributed by atoms with E-state index in [-0.39, 0.29) is 12.1 Å². The first-order valence-electron chi connectivity index (χ1n) is 4.99. The third kappa shape index (κ3) is 2.79. The molecule has 0 spiro atoms. The van der Waals surface area contributed by atoms with Crippen LogP contribution < -0.4 is 5.73 Å². The molecular formula is C11H18N2O. The van der Waals surface area contributed by atoms with Crippen molar-refractivity contribution < 1.29 is 4.74 Å². The van der Waals surface area contributed by atoms with Gasteiger partial charge in [0, 0.05) is 19.3 Å². The highest BCUT2D eigenvalue weighted by molar-refractivity contribution is 5.09. The predicted molar refractivity (Wildman–Crippen MR) is 56.9 cm³/mol. The van der Waals surface area contributed by atoms with E-state index in [0.717, 1.165) is 18.5 Å². The zero-order valence-electron chi connectivity index (χ0n) is 8.81. The summed E-state index contributed by atoms with van der Waals surface area (Å²) in [6.45, 7) is 2.12. The number of hydrogen-bond donors (Lipinski definition) is 1. The van der Waals surface area contributed by atoms with Gasteiger partial charge in [-0.25, -0.2) is 0 Å². The molecule has 0 fully saturated rings. The van der Waals surface area contributed by atoms with Crippen molar-refractivity contribution in [1.82, 2.24) is 4.98 Å². The molecule has 1 heterocycles. The molecule has 0 aliphatic carbocycles. The standard InChI is InChI=1S/C11H18N2O/c1-3-6-9(12)11(14-2)10-7-4-5-8-13-10/h4-5,7-9,11H,3,6,12H2,1-2H3/t9-,11?/m0/s1. The van der Waals surface area contributed by atoms with Crippen molar-refractivity contribution in [2.24, 2.45) is 5.73 Å². The summed E-state index contributed by atoms with van der Waals surface area (Å²) in [6.07, 6.45) is 3.69. The molecule has 2 atom stereocenters. The smallest absolute Gasteiger partial charge is 0.114 e. The molecule has 2 N–H and O–H groups in total. The van der Waals surface area contributed by atoms with Crippen molar-refractivity contribution in [2.75, 3.05) is 7.11 Å². The first kappa shape index (κ1) is 11.1. The fraction of sp³-hybridized carbons (Fsp3) is 0.545. The highest BCUT2D eigenvalue weighted by Crippen LogP contribution is 2.19. The zero-order valence-corrected chi connectivity index (χ0v) is 8.81. The van der Waals surface area contributed by atoms with Gasteiger partial charge in [0.05, 0.1) is 5.69 Å². The third-order valence-electron chi connectivity index (χ3n) is 2.24. The van der Waals surface area contributed by atoms with E-state index >= 15 is 0 Å². The number of rotatable bonds is 5. The van der Waals surface area contributed by atoms with Gasteiger partial charge in [-0.1, -0.05) is 19.4 Å². The third-order valence-corrected chi connectivity index (χ3v) is 2.24. The molecule has 1 rings (SSSR count). The Bertz CT molecular complexity index is 251. The SMILES string of the molecule is CCC[C@H](N)C(OC)c1ccccn1. The fourth-order valence-electron chi connectivity index (χ4n) is 1.54. The summed E-state index contributed by atoms with van der Waals surface area (Å²) in [5, 5.41) is 0. The lowest BCUT2D eigenvalue weighted by Crippen LogP contribution is -2.30. The number of aromatic nitrogens is 1. The average molecular weight is 194 g/mol. The maximum atomic E-state index is 6.01. The zero-order chi connectivity index (χ0) is 10.4. The molecule has 0 aliphatic rings. The van der Waals surface area contributed by atoms with Crippen LogP contribution in [0.25, 0.3) is 0 Å². The summed E-state index contributed by atoms with van der Waals surface area (Å²) in [4.78, 5) is 4.25. The molecule has 1 aromatic rings. The highest BCUT2D eigenvalue weighted by Gasteiger charge is 2.19. The van der Waals surface area contributed by atoms with Crippen LogP contribution in [0.3, 0.4) is 0 Å². The number of nitrogens with two attached hydrogens (primary N) is 1. The van der Waals surface area contributed by atoms with Crippen LogP contribution in [0.4, 0.5) is 0 Å². The minimum absolute atomic E-state index is 0.0277. The van der Waals surface area contributed by atoms with Crippen molar-refractivity contribution in [3.05, 3.63) is 30.1 Å². The Morgan fingerprint density at radius 2 is 2.29 bits per heavy atom. The number of nitrogens with zero attached hydrogens (tertiary/aromatic N) is 1. The summed E-state index contributed by atoms with van der Waals surface area (Å²) in [7, 11) is 1.68. The van der Waals surface area contributed by atoms with Crippen LogP contribution in [-0.4, -0.2) is 18.1 Å². The molecule has 3 nitrogen and oxygen atoms in total. The van der Waals surface area contributed by atoms with Gasteiger partial charge in [0.15, 0.2) is 0 Å². The van der Waals surface area contributed by atoms with E-state index in [1.54, 1.807) is 13.3 Å². The van der Waals surface area contributed by atoms with Crippen molar-refractivity contribution in [2.45, 2.75) is 31.9 Å². The van der Waals surface area contributed by atoms with Gasteiger partial charge in [-0.3, -0.25) is 4.98 Å². The second-order valence-electron chi connectivity index (χ2n) is 3.36. The lowest BCUT2D eigenvalue weighted by Gasteiger charge is -2.21. The highest BCUT2D eigenvalue weighted by atomic mass is 16.5. The second-order valence-corrected chi connectivity index (χ2v) is 3.36. The van der Waals surface area contributed by atoms with Crippen molar-refractivity contribution in [3.8, 4) is 0 Å². The Balaban J connectivity index is 2.71. The molecular weight excluding hydrogens is 176 g/mol. The van der Waals surface area contributed by atoms with Crippen LogP contribution in [-0.2, 0) is 4.74 Å². The minimum Gasteiger partial charge on any atom is -0.374 e. The molecule has 0 radical (unpaired) electrons. The lowest BCUT2D eigenvalue weighted by atomic mass is 10.0. The van der Waals surface area contributed by atoms with Crippen molar-refractivity contribution in [1.29, 1.82) is 0 Å². The van der Waals surface area contributed by atoms with Gasteiger partial charge >= 0.3 is 0 Å². The van der Waals surface area contributed by atoms with E-state index in [9.17, 15) is 0 Å². The Morgan fingerprint density at radius 1 is 1.50 bits per heavy atom. The van der Waals surface area contributed by atoms with Crippen LogP contribution in [0, 0.1) is 0 Å². The Morgan fingerprint density at radius 3 is 2.79 bits per heavy atom. The second kappa shape index (κ2) is 5.73. The van der Waals surface area contributed by atoms with E-state index in [1.807, 2.05) is 18.2 Å². The largest absolute Gasteiger partial charge is 0.374 e. The van der Waals surface area contributed by atoms with Crippen LogP contribution in [0.15, 0.2) is 24.4 Å². The molecule has 1 unspecified atom stereocenters. The van der Waals surface area contributed by atoms with Gasteiger partial charge in [-0.15, -0.1) is 0 Å². The Labute approximate surface area is 85.3 Å².